The van der Waals surface area contributed by atoms with E-state index in [1.54, 1.807) is 4.90 Å². The highest BCUT2D eigenvalue weighted by Crippen LogP contribution is 2.36. The third-order valence-corrected chi connectivity index (χ3v) is 4.73. The number of hydrogen-bond acceptors (Lipinski definition) is 3. The summed E-state index contributed by atoms with van der Waals surface area (Å²) in [6.07, 6.45) is 1.90. The van der Waals surface area contributed by atoms with Gasteiger partial charge in [0.2, 0.25) is 0 Å². The molecule has 0 radical (unpaired) electrons. The summed E-state index contributed by atoms with van der Waals surface area (Å²) >= 11 is 6.73. The third kappa shape index (κ3) is 2.98. The molecule has 1 amide bonds. The Hall–Kier alpha value is -1.91. The molecule has 1 aliphatic heterocycles. The van der Waals surface area contributed by atoms with Crippen LogP contribution >= 0.6 is 24.0 Å². The molecule has 1 fully saturated rings. The summed E-state index contributed by atoms with van der Waals surface area (Å²) in [6.45, 7) is 4.05. The Kier molecular flexibility index (Phi) is 4.14. The third-order valence-electron chi connectivity index (χ3n) is 3.43. The highest BCUT2D eigenvalue weighted by Gasteiger charge is 2.33. The topological polar surface area (TPSA) is 20.3 Å². The molecular formula is C18H15NOS2. The van der Waals surface area contributed by atoms with E-state index in [4.69, 9.17) is 12.2 Å². The molecule has 1 saturated heterocycles. The summed E-state index contributed by atoms with van der Waals surface area (Å²) in [7, 11) is 0. The molecule has 110 valence electrons. The lowest BCUT2D eigenvalue weighted by Crippen LogP contribution is -2.27. The van der Waals surface area contributed by atoms with E-state index in [1.807, 2.05) is 68.5 Å². The molecule has 0 unspecified atom stereocenters. The largest absolute Gasteiger partial charge is 0.270 e. The van der Waals surface area contributed by atoms with Crippen LogP contribution in [0.25, 0.3) is 6.08 Å². The monoisotopic (exact) mass is 325 g/mol. The lowest BCUT2D eigenvalue weighted by Gasteiger charge is -2.14. The second kappa shape index (κ2) is 6.07. The van der Waals surface area contributed by atoms with Crippen molar-refractivity contribution in [2.24, 2.45) is 0 Å². The van der Waals surface area contributed by atoms with E-state index in [9.17, 15) is 4.79 Å². The first-order valence-corrected chi connectivity index (χ1v) is 8.18. The average Bonchev–Trinajstić information content (AvgIpc) is 2.76. The van der Waals surface area contributed by atoms with Gasteiger partial charge in [-0.3, -0.25) is 9.69 Å². The fourth-order valence-electron chi connectivity index (χ4n) is 2.27. The molecule has 1 aliphatic rings. The molecule has 4 heteroatoms. The molecule has 0 aliphatic carbocycles. The van der Waals surface area contributed by atoms with Crippen LogP contribution in [0, 0.1) is 13.8 Å². The van der Waals surface area contributed by atoms with Crippen molar-refractivity contribution in [3.8, 4) is 0 Å². The van der Waals surface area contributed by atoms with E-state index in [0.717, 1.165) is 16.8 Å². The van der Waals surface area contributed by atoms with Crippen molar-refractivity contribution < 1.29 is 4.79 Å². The number of anilines is 1. The normalized spacial score (nSPS) is 16.6. The van der Waals surface area contributed by atoms with Gasteiger partial charge in [-0.1, -0.05) is 65.9 Å². The van der Waals surface area contributed by atoms with Crippen LogP contribution in [0.3, 0.4) is 0 Å². The zero-order valence-corrected chi connectivity index (χ0v) is 14.0. The van der Waals surface area contributed by atoms with Gasteiger partial charge in [-0.2, -0.15) is 0 Å². The Bertz CT molecular complexity index is 778. The van der Waals surface area contributed by atoms with E-state index in [0.29, 0.717) is 9.23 Å². The first-order valence-electron chi connectivity index (χ1n) is 6.96. The predicted molar refractivity (Wildman–Crippen MR) is 98.0 cm³/mol. The van der Waals surface area contributed by atoms with Gasteiger partial charge < -0.3 is 0 Å². The van der Waals surface area contributed by atoms with Crippen LogP contribution in [0.4, 0.5) is 5.69 Å². The van der Waals surface area contributed by atoms with E-state index < -0.39 is 0 Å². The second-order valence-electron chi connectivity index (χ2n) is 5.27. The number of nitrogens with zero attached hydrogens (tertiary/aromatic N) is 1. The van der Waals surface area contributed by atoms with Crippen molar-refractivity contribution in [2.75, 3.05) is 4.90 Å². The standard InChI is InChI=1S/C18H15NOS2/c1-12-6-8-14(9-7-12)11-16-17(20)19(18(21)22-16)15-5-3-4-13(2)10-15/h3-11H,1-2H3/b16-11+. The molecule has 22 heavy (non-hydrogen) atoms. The van der Waals surface area contributed by atoms with Gasteiger partial charge in [0.1, 0.15) is 0 Å². The second-order valence-corrected chi connectivity index (χ2v) is 6.94. The summed E-state index contributed by atoms with van der Waals surface area (Å²) < 4.78 is 0.578. The first kappa shape index (κ1) is 15.0. The maximum Gasteiger partial charge on any atom is 0.270 e. The van der Waals surface area contributed by atoms with Crippen LogP contribution in [-0.2, 0) is 4.79 Å². The van der Waals surface area contributed by atoms with Gasteiger partial charge in [-0.15, -0.1) is 0 Å². The van der Waals surface area contributed by atoms with Gasteiger partial charge >= 0.3 is 0 Å². The van der Waals surface area contributed by atoms with Crippen LogP contribution in [0.15, 0.2) is 53.4 Å². The Morgan fingerprint density at radius 3 is 2.45 bits per heavy atom. The molecule has 0 saturated carbocycles. The van der Waals surface area contributed by atoms with Crippen LogP contribution in [0.5, 0.6) is 0 Å². The fraction of sp³-hybridized carbons (Fsp3) is 0.111. The Labute approximate surface area is 139 Å². The van der Waals surface area contributed by atoms with Crippen LogP contribution in [0.1, 0.15) is 16.7 Å². The van der Waals surface area contributed by atoms with Crippen molar-refractivity contribution in [1.82, 2.24) is 0 Å². The lowest BCUT2D eigenvalue weighted by atomic mass is 10.1. The van der Waals surface area contributed by atoms with Crippen molar-refractivity contribution in [3.63, 3.8) is 0 Å². The number of thioether (sulfide) groups is 1. The average molecular weight is 325 g/mol. The van der Waals surface area contributed by atoms with E-state index in [-0.39, 0.29) is 5.91 Å². The number of carbonyl (C=O) groups is 1. The number of hydrogen-bond donors (Lipinski definition) is 0. The highest BCUT2D eigenvalue weighted by molar-refractivity contribution is 8.27. The van der Waals surface area contributed by atoms with Gasteiger partial charge in [0.15, 0.2) is 4.32 Å². The van der Waals surface area contributed by atoms with Gasteiger partial charge in [-0.05, 0) is 43.2 Å². The molecule has 0 aromatic heterocycles. The fourth-order valence-corrected chi connectivity index (χ4v) is 3.57. The molecular weight excluding hydrogens is 310 g/mol. The first-order chi connectivity index (χ1) is 10.5. The number of carbonyl (C=O) groups excluding carboxylic acids is 1. The number of benzene rings is 2. The summed E-state index contributed by atoms with van der Waals surface area (Å²) in [5.41, 5.74) is 4.14. The highest BCUT2D eigenvalue weighted by atomic mass is 32.2. The SMILES string of the molecule is Cc1ccc(/C=C2/SC(=S)N(c3cccc(C)c3)C2=O)cc1. The van der Waals surface area contributed by atoms with Gasteiger partial charge in [0, 0.05) is 0 Å². The molecule has 3 rings (SSSR count). The lowest BCUT2D eigenvalue weighted by molar-refractivity contribution is -0.113. The molecule has 0 N–H and O–H groups in total. The number of rotatable bonds is 2. The van der Waals surface area contributed by atoms with Crippen LogP contribution < -0.4 is 4.90 Å². The molecule has 0 spiro atoms. The van der Waals surface area contributed by atoms with E-state index in [2.05, 4.69) is 0 Å². The molecule has 0 bridgehead atoms. The summed E-state index contributed by atoms with van der Waals surface area (Å²) in [5.74, 6) is -0.0545. The zero-order valence-electron chi connectivity index (χ0n) is 12.4. The maximum atomic E-state index is 12.6. The summed E-state index contributed by atoms with van der Waals surface area (Å²) in [5, 5.41) is 0. The number of amides is 1. The van der Waals surface area contributed by atoms with Crippen LogP contribution in [-0.4, -0.2) is 10.2 Å². The molecule has 2 aromatic carbocycles. The van der Waals surface area contributed by atoms with Gasteiger partial charge in [-0.25, -0.2) is 0 Å². The van der Waals surface area contributed by atoms with E-state index in [1.165, 1.54) is 17.3 Å². The Morgan fingerprint density at radius 2 is 1.77 bits per heavy atom. The van der Waals surface area contributed by atoms with Gasteiger partial charge in [0.05, 0.1) is 10.6 Å². The summed E-state index contributed by atoms with van der Waals surface area (Å²) in [6, 6.07) is 15.9. The molecule has 1 heterocycles. The van der Waals surface area contributed by atoms with Crippen LogP contribution in [0.2, 0.25) is 0 Å². The van der Waals surface area contributed by atoms with Crippen molar-refractivity contribution >= 4 is 46.0 Å². The van der Waals surface area contributed by atoms with Gasteiger partial charge in [0.25, 0.3) is 5.91 Å². The minimum absolute atomic E-state index is 0.0545. The van der Waals surface area contributed by atoms with Crippen molar-refractivity contribution in [1.29, 1.82) is 0 Å². The summed E-state index contributed by atoms with van der Waals surface area (Å²) in [4.78, 5) is 14.9. The maximum absolute atomic E-state index is 12.6. The minimum atomic E-state index is -0.0545. The smallest absolute Gasteiger partial charge is 0.268 e. The quantitative estimate of drug-likeness (QED) is 0.589. The zero-order chi connectivity index (χ0) is 15.7. The molecule has 2 nitrogen and oxygen atoms in total. The Morgan fingerprint density at radius 1 is 1.05 bits per heavy atom. The number of aryl methyl sites for hydroxylation is 2. The van der Waals surface area contributed by atoms with Crippen molar-refractivity contribution in [2.45, 2.75) is 13.8 Å². The predicted octanol–water partition coefficient (Wildman–Crippen LogP) is 4.71. The minimum Gasteiger partial charge on any atom is -0.268 e. The van der Waals surface area contributed by atoms with E-state index >= 15 is 0 Å². The Balaban J connectivity index is 1.93. The van der Waals surface area contributed by atoms with Crippen molar-refractivity contribution in [3.05, 3.63) is 70.1 Å². The molecule has 2 aromatic rings. The number of thiocarbonyl (C=S) groups is 1. The molecule has 0 atom stereocenters.